The van der Waals surface area contributed by atoms with Gasteiger partial charge >= 0.3 is 5.63 Å². The number of ether oxygens (including phenoxy) is 2. The lowest BCUT2D eigenvalue weighted by Gasteiger charge is -2.35. The van der Waals surface area contributed by atoms with Crippen LogP contribution in [0, 0.1) is 5.92 Å². The zero-order chi connectivity index (χ0) is 19.5. The Morgan fingerprint density at radius 2 is 1.89 bits per heavy atom. The molecule has 3 heterocycles. The average molecular weight is 368 g/mol. The summed E-state index contributed by atoms with van der Waals surface area (Å²) in [5.41, 5.74) is 1.40. The van der Waals surface area contributed by atoms with Crippen molar-refractivity contribution in [3.05, 3.63) is 39.3 Å². The molecule has 1 aromatic carbocycles. The summed E-state index contributed by atoms with van der Waals surface area (Å²) in [6.07, 6.45) is 5.10. The van der Waals surface area contributed by atoms with Crippen LogP contribution in [0.15, 0.2) is 21.4 Å². The van der Waals surface area contributed by atoms with E-state index >= 15 is 0 Å². The van der Waals surface area contributed by atoms with Crippen LogP contribution in [0.25, 0.3) is 17.0 Å². The van der Waals surface area contributed by atoms with Crippen molar-refractivity contribution in [3.63, 3.8) is 0 Å². The third-order valence-corrected chi connectivity index (χ3v) is 5.42. The van der Waals surface area contributed by atoms with Gasteiger partial charge in [-0.15, -0.1) is 0 Å². The predicted octanol–water partition coefficient (Wildman–Crippen LogP) is 4.53. The summed E-state index contributed by atoms with van der Waals surface area (Å²) in [6.45, 7) is 9.65. The molecule has 0 N–H and O–H groups in total. The Balaban J connectivity index is 2.18. The van der Waals surface area contributed by atoms with Gasteiger partial charge in [-0.25, -0.2) is 4.79 Å². The van der Waals surface area contributed by atoms with Crippen molar-refractivity contribution in [2.24, 2.45) is 5.92 Å². The van der Waals surface area contributed by atoms with E-state index in [2.05, 4.69) is 0 Å². The van der Waals surface area contributed by atoms with Crippen molar-refractivity contribution in [1.29, 1.82) is 0 Å². The molecular weight excluding hydrogens is 344 g/mol. The van der Waals surface area contributed by atoms with Crippen molar-refractivity contribution < 1.29 is 18.7 Å². The molecule has 0 saturated heterocycles. The molecule has 0 amide bonds. The van der Waals surface area contributed by atoms with Gasteiger partial charge in [-0.3, -0.25) is 4.79 Å². The van der Waals surface area contributed by atoms with E-state index in [4.69, 9.17) is 13.9 Å². The fourth-order valence-corrected chi connectivity index (χ4v) is 3.82. The minimum absolute atomic E-state index is 0.00153. The maximum absolute atomic E-state index is 13.2. The summed E-state index contributed by atoms with van der Waals surface area (Å²) in [5.74, 6) is 0.659. The molecule has 5 heteroatoms. The molecule has 2 aliphatic heterocycles. The van der Waals surface area contributed by atoms with E-state index in [1.165, 1.54) is 6.07 Å². The predicted molar refractivity (Wildman–Crippen MR) is 104 cm³/mol. The summed E-state index contributed by atoms with van der Waals surface area (Å²) in [6, 6.07) is 1.51. The van der Waals surface area contributed by atoms with Gasteiger partial charge in [0, 0.05) is 6.07 Å². The van der Waals surface area contributed by atoms with Crippen LogP contribution in [-0.4, -0.2) is 17.5 Å². The first-order chi connectivity index (χ1) is 12.7. The molecule has 2 aliphatic rings. The maximum Gasteiger partial charge on any atom is 0.336 e. The lowest BCUT2D eigenvalue weighted by molar-refractivity contribution is 0.0715. The van der Waals surface area contributed by atoms with Crippen LogP contribution in [-0.2, 0) is 6.42 Å². The molecule has 0 fully saturated rings. The molecule has 142 valence electrons. The fraction of sp³-hybridized carbons (Fsp3) is 0.455. The summed E-state index contributed by atoms with van der Waals surface area (Å²) in [7, 11) is 0. The van der Waals surface area contributed by atoms with Crippen molar-refractivity contribution in [3.8, 4) is 11.5 Å². The molecular formula is C22H24O5. The van der Waals surface area contributed by atoms with E-state index < -0.39 is 11.2 Å². The summed E-state index contributed by atoms with van der Waals surface area (Å²) >= 11 is 0. The molecule has 0 radical (unpaired) electrons. The second kappa shape index (κ2) is 5.98. The van der Waals surface area contributed by atoms with Crippen molar-refractivity contribution in [2.75, 3.05) is 0 Å². The highest BCUT2D eigenvalue weighted by atomic mass is 16.5. The number of fused-ring (bicyclic) bond motifs is 6. The van der Waals surface area contributed by atoms with E-state index in [-0.39, 0.29) is 17.8 Å². The Morgan fingerprint density at radius 3 is 2.59 bits per heavy atom. The molecule has 0 saturated carbocycles. The Morgan fingerprint density at radius 1 is 1.15 bits per heavy atom. The highest BCUT2D eigenvalue weighted by molar-refractivity contribution is 6.12. The van der Waals surface area contributed by atoms with Gasteiger partial charge in [-0.1, -0.05) is 20.3 Å². The van der Waals surface area contributed by atoms with Crippen molar-refractivity contribution in [1.82, 2.24) is 0 Å². The van der Waals surface area contributed by atoms with E-state index in [1.807, 2.05) is 46.8 Å². The van der Waals surface area contributed by atoms with Gasteiger partial charge in [0.1, 0.15) is 28.8 Å². The number of Topliss-reactive ketones (excluding diaryl/α,β-unsaturated/α-hetero) is 1. The molecule has 1 aromatic heterocycles. The Bertz CT molecular complexity index is 1040. The lowest BCUT2D eigenvalue weighted by atomic mass is 9.85. The SMILES string of the molecule is CCCc1cc(=O)oc2c3c(c4c(c12)O[C@@H](C)[C@@H](C)C4=O)OC(C)(C)C=C3. The van der Waals surface area contributed by atoms with Gasteiger partial charge in [-0.2, -0.15) is 0 Å². The van der Waals surface area contributed by atoms with Crippen LogP contribution in [0.1, 0.15) is 62.5 Å². The number of ketones is 1. The van der Waals surface area contributed by atoms with Crippen LogP contribution >= 0.6 is 0 Å². The highest BCUT2D eigenvalue weighted by Gasteiger charge is 2.40. The third-order valence-electron chi connectivity index (χ3n) is 5.42. The maximum atomic E-state index is 13.2. The van der Waals surface area contributed by atoms with Gasteiger partial charge in [0.2, 0.25) is 0 Å². The second-order valence-electron chi connectivity index (χ2n) is 8.01. The average Bonchev–Trinajstić information content (AvgIpc) is 2.58. The van der Waals surface area contributed by atoms with Crippen molar-refractivity contribution in [2.45, 2.75) is 59.2 Å². The van der Waals surface area contributed by atoms with Crippen LogP contribution in [0.3, 0.4) is 0 Å². The number of rotatable bonds is 2. The first-order valence-corrected chi connectivity index (χ1v) is 9.49. The molecule has 0 unspecified atom stereocenters. The van der Waals surface area contributed by atoms with Crippen LogP contribution in [0.5, 0.6) is 11.5 Å². The zero-order valence-corrected chi connectivity index (χ0v) is 16.3. The van der Waals surface area contributed by atoms with Crippen molar-refractivity contribution >= 4 is 22.8 Å². The Labute approximate surface area is 158 Å². The standard InChI is InChI=1S/C22H24O5/c1-6-7-13-10-15(23)26-19-14-8-9-22(4,5)27-20(14)17-18(24)11(2)12(3)25-21(17)16(13)19/h8-12H,6-7H2,1-5H3/t11-,12+/m1/s1. The quantitative estimate of drug-likeness (QED) is 0.729. The molecule has 2 aromatic rings. The van der Waals surface area contributed by atoms with Crippen LogP contribution in [0.4, 0.5) is 0 Å². The normalized spacial score (nSPS) is 22.8. The first-order valence-electron chi connectivity index (χ1n) is 9.49. The fourth-order valence-electron chi connectivity index (χ4n) is 3.82. The number of hydrogen-bond donors (Lipinski definition) is 0. The summed E-state index contributed by atoms with van der Waals surface area (Å²) in [4.78, 5) is 25.4. The number of benzene rings is 1. The Hall–Kier alpha value is -2.56. The van der Waals surface area contributed by atoms with E-state index in [9.17, 15) is 9.59 Å². The van der Waals surface area contributed by atoms with Gasteiger partial charge in [0.25, 0.3) is 0 Å². The van der Waals surface area contributed by atoms with Crippen LogP contribution < -0.4 is 15.1 Å². The summed E-state index contributed by atoms with van der Waals surface area (Å²) < 4.78 is 18.0. The number of carbonyl (C=O) groups is 1. The minimum Gasteiger partial charge on any atom is -0.488 e. The molecule has 2 atom stereocenters. The minimum atomic E-state index is -0.567. The number of carbonyl (C=O) groups excluding carboxylic acids is 1. The molecule has 27 heavy (non-hydrogen) atoms. The van der Waals surface area contributed by atoms with E-state index in [0.717, 1.165) is 12.0 Å². The van der Waals surface area contributed by atoms with Crippen LogP contribution in [0.2, 0.25) is 0 Å². The molecule has 0 bridgehead atoms. The zero-order valence-electron chi connectivity index (χ0n) is 16.3. The molecule has 0 spiro atoms. The van der Waals surface area contributed by atoms with Gasteiger partial charge in [0.05, 0.1) is 16.9 Å². The Kier molecular flexibility index (Phi) is 3.95. The largest absolute Gasteiger partial charge is 0.488 e. The monoisotopic (exact) mass is 368 g/mol. The van der Waals surface area contributed by atoms with Gasteiger partial charge in [-0.05, 0) is 44.9 Å². The highest BCUT2D eigenvalue weighted by Crippen LogP contribution is 2.49. The van der Waals surface area contributed by atoms with E-state index in [1.54, 1.807) is 0 Å². The number of hydrogen-bond acceptors (Lipinski definition) is 5. The van der Waals surface area contributed by atoms with Gasteiger partial charge < -0.3 is 13.9 Å². The van der Waals surface area contributed by atoms with Gasteiger partial charge in [0.15, 0.2) is 11.4 Å². The lowest BCUT2D eigenvalue weighted by Crippen LogP contribution is -2.36. The van der Waals surface area contributed by atoms with E-state index in [0.29, 0.717) is 40.0 Å². The molecule has 4 rings (SSSR count). The molecule has 0 aliphatic carbocycles. The smallest absolute Gasteiger partial charge is 0.336 e. The summed E-state index contributed by atoms with van der Waals surface area (Å²) in [5, 5.41) is 0.713. The second-order valence-corrected chi connectivity index (χ2v) is 8.01. The topological polar surface area (TPSA) is 65.7 Å². The molecule has 5 nitrogen and oxygen atoms in total. The third kappa shape index (κ3) is 2.68. The first kappa shape index (κ1) is 17.8. The number of aryl methyl sites for hydroxylation is 1.